The summed E-state index contributed by atoms with van der Waals surface area (Å²) in [6, 6.07) is 0. The van der Waals surface area contributed by atoms with Gasteiger partial charge in [0.15, 0.2) is 0 Å². The maximum absolute atomic E-state index is 9.06. The van der Waals surface area contributed by atoms with Crippen LogP contribution in [0.2, 0.25) is 0 Å². The first-order valence-corrected chi connectivity index (χ1v) is 2.36. The molecule has 42 valence electrons. The van der Waals surface area contributed by atoms with E-state index in [9.17, 15) is 0 Å². The fraction of sp³-hybridized carbons (Fsp3) is 0. The first-order valence-electron chi connectivity index (χ1n) is 0.716. The molecule has 0 spiro atoms. The Morgan fingerprint density at radius 1 is 1.00 bits per heavy atom. The zero-order valence-electron chi connectivity index (χ0n) is 4.43. The Morgan fingerprint density at radius 3 is 1.00 bits per heavy atom. The molecular formula is CH2O2Sn6. The Hall–Kier alpha value is 4.26. The van der Waals surface area contributed by atoms with Gasteiger partial charge in [-0.05, 0) is 0 Å². The molecule has 0 rings (SSSR count). The molecule has 0 saturated heterocycles. The minimum absolute atomic E-state index is 0. The number of carbonyl (C=O) groups is 1. The average molecular weight is 758 g/mol. The summed E-state index contributed by atoms with van der Waals surface area (Å²) in [5.74, 6) is 0. The molecule has 2 nitrogen and oxygen atoms in total. The molecule has 0 saturated carbocycles. The first kappa shape index (κ1) is 37.8. The molecule has 0 heterocycles. The molecule has 9 heavy (non-hydrogen) atoms. The van der Waals surface area contributed by atoms with E-state index in [0.717, 1.165) is 0 Å². The topological polar surface area (TPSA) is 37.3 Å². The van der Waals surface area contributed by atoms with Crippen molar-refractivity contribution < 1.29 is 9.90 Å². The molecule has 0 aromatic rings. The van der Waals surface area contributed by atoms with Gasteiger partial charge in [-0.3, -0.25) is 0 Å². The van der Waals surface area contributed by atoms with Crippen LogP contribution in [0.1, 0.15) is 0 Å². The SMILES string of the molecule is O=[C](O)[SnH].[Sn].[Sn].[Sn].[Sn].[Sn]. The summed E-state index contributed by atoms with van der Waals surface area (Å²) in [4.78, 5) is 9.06. The molecule has 0 bridgehead atoms. The summed E-state index contributed by atoms with van der Waals surface area (Å²) in [5, 5.41) is 7.47. The molecule has 0 aromatic carbocycles. The van der Waals surface area contributed by atoms with Crippen LogP contribution in [-0.2, 0) is 0 Å². The fourth-order valence-electron chi connectivity index (χ4n) is 0. The zero-order chi connectivity index (χ0) is 3.58. The first-order chi connectivity index (χ1) is 1.73. The van der Waals surface area contributed by atoms with Crippen LogP contribution >= 0.6 is 0 Å². The van der Waals surface area contributed by atoms with Crippen LogP contribution in [0.4, 0.5) is 4.79 Å². The standard InChI is InChI=1S/CHO2.6Sn.H/c2-1-3;;;;;;;/h(H,2,3);;;;;;;. The summed E-state index contributed by atoms with van der Waals surface area (Å²) in [6.45, 7) is 0. The Bertz CT molecular complexity index is 34.0. The maximum atomic E-state index is 9.06. The predicted octanol–water partition coefficient (Wildman–Crippen LogP) is -2.34. The Kier molecular flexibility index (Phi) is 124. The summed E-state index contributed by atoms with van der Waals surface area (Å²) < 4.78 is -0.703. The third-order valence-electron chi connectivity index (χ3n) is 0. The Balaban J connectivity index is -0.00000000450. The van der Waals surface area contributed by atoms with Gasteiger partial charge in [0, 0.05) is 120 Å². The van der Waals surface area contributed by atoms with Crippen molar-refractivity contribution in [1.29, 1.82) is 0 Å². The summed E-state index contributed by atoms with van der Waals surface area (Å²) >= 11 is 0.318. The van der Waals surface area contributed by atoms with E-state index in [1.807, 2.05) is 0 Å². The normalized spacial score (nSPS) is 2.78. The van der Waals surface area contributed by atoms with Gasteiger partial charge in [0.1, 0.15) is 0 Å². The Morgan fingerprint density at radius 2 is 1.00 bits per heavy atom. The van der Waals surface area contributed by atoms with Crippen molar-refractivity contribution in [2.24, 2.45) is 0 Å². The molecule has 0 fully saturated rings. The average Bonchev–Trinajstić information content (AvgIpc) is 0.811. The number of hydrogen-bond acceptors (Lipinski definition) is 1. The van der Waals surface area contributed by atoms with Crippen LogP contribution in [0.5, 0.6) is 0 Å². The van der Waals surface area contributed by atoms with E-state index in [4.69, 9.17) is 9.90 Å². The van der Waals surface area contributed by atoms with Crippen molar-refractivity contribution in [2.75, 3.05) is 0 Å². The molecule has 22 radical (unpaired) electrons. The van der Waals surface area contributed by atoms with Gasteiger partial charge in [0.25, 0.3) is 0 Å². The van der Waals surface area contributed by atoms with Crippen molar-refractivity contribution in [3.63, 3.8) is 0 Å². The van der Waals surface area contributed by atoms with E-state index in [0.29, 0.717) is 22.5 Å². The van der Waals surface area contributed by atoms with E-state index >= 15 is 0 Å². The molecule has 0 atom stereocenters. The van der Waals surface area contributed by atoms with Crippen molar-refractivity contribution in [3.8, 4) is 0 Å². The van der Waals surface area contributed by atoms with Crippen LogP contribution in [0, 0.1) is 0 Å². The number of rotatable bonds is 0. The van der Waals surface area contributed by atoms with Gasteiger partial charge in [0.2, 0.25) is 0 Å². The summed E-state index contributed by atoms with van der Waals surface area (Å²) in [7, 11) is 0. The third-order valence-corrected chi connectivity index (χ3v) is 0. The van der Waals surface area contributed by atoms with Gasteiger partial charge in [-0.15, -0.1) is 0 Å². The second-order valence-electron chi connectivity index (χ2n) is 0.338. The molecule has 0 amide bonds. The summed E-state index contributed by atoms with van der Waals surface area (Å²) in [6.07, 6.45) is 0. The predicted molar refractivity (Wildman–Crippen MR) is 43.9 cm³/mol. The molecule has 0 aliphatic carbocycles. The van der Waals surface area contributed by atoms with E-state index < -0.39 is 3.99 Å². The van der Waals surface area contributed by atoms with Crippen molar-refractivity contribution in [1.82, 2.24) is 0 Å². The molecular weight excluding hydrogens is 756 g/mol. The van der Waals surface area contributed by atoms with E-state index in [1.165, 1.54) is 0 Å². The van der Waals surface area contributed by atoms with Gasteiger partial charge < -0.3 is 0 Å². The largest absolute Gasteiger partial charge is 0 e. The quantitative estimate of drug-likeness (QED) is 0.282. The molecule has 1 N–H and O–H groups in total. The van der Waals surface area contributed by atoms with Gasteiger partial charge in [-0.2, -0.15) is 0 Å². The second-order valence-corrected chi connectivity index (χ2v) is 1.75. The van der Waals surface area contributed by atoms with E-state index in [1.54, 1.807) is 0 Å². The van der Waals surface area contributed by atoms with Crippen molar-refractivity contribution in [2.45, 2.75) is 0 Å². The van der Waals surface area contributed by atoms with Gasteiger partial charge in [-0.1, -0.05) is 0 Å². The maximum Gasteiger partial charge on any atom is 0 e. The zero-order valence-corrected chi connectivity index (χ0v) is 22.0. The van der Waals surface area contributed by atoms with Crippen LogP contribution in [0.3, 0.4) is 0 Å². The van der Waals surface area contributed by atoms with Crippen molar-refractivity contribution in [3.05, 3.63) is 0 Å². The van der Waals surface area contributed by atoms with Gasteiger partial charge in [0.05, 0.1) is 0 Å². The van der Waals surface area contributed by atoms with Crippen LogP contribution < -0.4 is 0 Å². The smallest absolute Gasteiger partial charge is 0 e. The molecule has 0 unspecified atom stereocenters. The molecule has 8 heteroatoms. The monoisotopic (exact) mass is 765 g/mol. The molecule has 0 aromatic heterocycles. The second kappa shape index (κ2) is 29.5. The molecule has 0 aliphatic heterocycles. The number of carboxylic acid groups (broad SMARTS) is 1. The fourth-order valence-corrected chi connectivity index (χ4v) is 0. The minimum Gasteiger partial charge on any atom is 0 e. The van der Waals surface area contributed by atoms with Gasteiger partial charge >= 0.3 is 36.4 Å². The third kappa shape index (κ3) is 71.1. The van der Waals surface area contributed by atoms with E-state index in [2.05, 4.69) is 0 Å². The Labute approximate surface area is 152 Å². The summed E-state index contributed by atoms with van der Waals surface area (Å²) in [5.41, 5.74) is 0. The number of hydrogen-bond donors (Lipinski definition) is 1. The van der Waals surface area contributed by atoms with Crippen molar-refractivity contribution >= 4 is 146 Å². The van der Waals surface area contributed by atoms with Crippen LogP contribution in [0.15, 0.2) is 0 Å². The van der Waals surface area contributed by atoms with Crippen LogP contribution in [-0.4, -0.2) is 151 Å². The molecule has 0 aliphatic rings. The van der Waals surface area contributed by atoms with Crippen LogP contribution in [0.25, 0.3) is 0 Å². The van der Waals surface area contributed by atoms with E-state index in [-0.39, 0.29) is 120 Å². The minimum atomic E-state index is -0.703. The van der Waals surface area contributed by atoms with Gasteiger partial charge in [-0.25, -0.2) is 0 Å².